The molecule has 1 amide bonds. The van der Waals surface area contributed by atoms with Gasteiger partial charge in [-0.3, -0.25) is 4.79 Å². The molecule has 0 aliphatic heterocycles. The number of hydrogen-bond acceptors (Lipinski definition) is 6. The van der Waals surface area contributed by atoms with E-state index in [-0.39, 0.29) is 28.2 Å². The van der Waals surface area contributed by atoms with Gasteiger partial charge in [-0.05, 0) is 73.9 Å². The molecule has 7 nitrogen and oxygen atoms in total. The molecule has 2 aromatic carbocycles. The zero-order chi connectivity index (χ0) is 23.5. The van der Waals surface area contributed by atoms with E-state index in [4.69, 9.17) is 13.9 Å². The van der Waals surface area contributed by atoms with Crippen LogP contribution in [0.3, 0.4) is 0 Å². The van der Waals surface area contributed by atoms with Gasteiger partial charge in [-0.1, -0.05) is 12.1 Å². The van der Waals surface area contributed by atoms with E-state index in [1.165, 1.54) is 12.1 Å². The number of aryl methyl sites for hydroxylation is 2. The number of methoxy groups -OCH3 is 2. The Morgan fingerprint density at radius 2 is 1.69 bits per heavy atom. The lowest BCUT2D eigenvalue weighted by molar-refractivity contribution is 0.0910. The summed E-state index contributed by atoms with van der Waals surface area (Å²) in [5.74, 6) is 0.629. The molecule has 0 saturated carbocycles. The molecular weight excluding hydrogens is 430 g/mol. The van der Waals surface area contributed by atoms with Gasteiger partial charge in [0.2, 0.25) is 0 Å². The molecule has 0 bridgehead atoms. The van der Waals surface area contributed by atoms with Crippen molar-refractivity contribution in [1.82, 2.24) is 5.32 Å². The third-order valence-corrected chi connectivity index (χ3v) is 6.95. The predicted octanol–water partition coefficient (Wildman–Crippen LogP) is 4.38. The highest BCUT2D eigenvalue weighted by Crippen LogP contribution is 2.30. The molecule has 0 unspecified atom stereocenters. The first-order valence-corrected chi connectivity index (χ1v) is 11.7. The van der Waals surface area contributed by atoms with Crippen molar-refractivity contribution >= 4 is 15.7 Å². The Morgan fingerprint density at radius 3 is 2.34 bits per heavy atom. The maximum atomic E-state index is 12.7. The zero-order valence-corrected chi connectivity index (χ0v) is 19.6. The van der Waals surface area contributed by atoms with Gasteiger partial charge in [0.05, 0.1) is 25.2 Å². The largest absolute Gasteiger partial charge is 0.493 e. The maximum absolute atomic E-state index is 12.7. The number of furan rings is 1. The smallest absolute Gasteiger partial charge is 0.287 e. The van der Waals surface area contributed by atoms with Crippen molar-refractivity contribution in [3.8, 4) is 11.5 Å². The number of carbonyl (C=O) groups excluding carboxylic acids is 1. The lowest BCUT2D eigenvalue weighted by atomic mass is 10.1. The quantitative estimate of drug-likeness (QED) is 0.539. The highest BCUT2D eigenvalue weighted by molar-refractivity contribution is 7.90. The van der Waals surface area contributed by atoms with E-state index in [0.717, 1.165) is 16.7 Å². The van der Waals surface area contributed by atoms with Crippen LogP contribution in [0.5, 0.6) is 11.5 Å². The van der Waals surface area contributed by atoms with E-state index >= 15 is 0 Å². The van der Waals surface area contributed by atoms with Crippen LogP contribution >= 0.6 is 0 Å². The highest BCUT2D eigenvalue weighted by atomic mass is 32.2. The van der Waals surface area contributed by atoms with Gasteiger partial charge in [0, 0.05) is 0 Å². The SMILES string of the molecule is COc1ccc([C@H](C)NC(=O)c2ccc(CS(=O)(=O)c3ccc(C)c(C)c3)o2)cc1OC. The minimum atomic E-state index is -3.60. The first-order valence-electron chi connectivity index (χ1n) is 10.1. The van der Waals surface area contributed by atoms with Gasteiger partial charge in [-0.2, -0.15) is 0 Å². The molecule has 3 aromatic rings. The Balaban J connectivity index is 1.71. The Bertz CT molecular complexity index is 1230. The van der Waals surface area contributed by atoms with E-state index in [0.29, 0.717) is 11.5 Å². The molecule has 1 heterocycles. The second-order valence-electron chi connectivity index (χ2n) is 7.58. The van der Waals surface area contributed by atoms with Crippen molar-refractivity contribution in [2.45, 2.75) is 37.5 Å². The molecule has 0 radical (unpaired) electrons. The van der Waals surface area contributed by atoms with Crippen LogP contribution in [0, 0.1) is 13.8 Å². The van der Waals surface area contributed by atoms with Crippen LogP contribution in [0.1, 0.15) is 46.0 Å². The van der Waals surface area contributed by atoms with Gasteiger partial charge in [-0.25, -0.2) is 8.42 Å². The Kier molecular flexibility index (Phi) is 6.93. The topological polar surface area (TPSA) is 94.8 Å². The minimum Gasteiger partial charge on any atom is -0.493 e. The van der Waals surface area contributed by atoms with Gasteiger partial charge in [0.15, 0.2) is 27.1 Å². The molecule has 0 aliphatic carbocycles. The van der Waals surface area contributed by atoms with Crippen LogP contribution in [0.2, 0.25) is 0 Å². The maximum Gasteiger partial charge on any atom is 0.287 e. The van der Waals surface area contributed by atoms with Crippen LogP contribution in [0.15, 0.2) is 57.8 Å². The van der Waals surface area contributed by atoms with E-state index in [2.05, 4.69) is 5.32 Å². The summed E-state index contributed by atoms with van der Waals surface area (Å²) in [6, 6.07) is 13.0. The van der Waals surface area contributed by atoms with Crippen LogP contribution in [-0.4, -0.2) is 28.5 Å². The molecule has 8 heteroatoms. The van der Waals surface area contributed by atoms with E-state index in [9.17, 15) is 13.2 Å². The summed E-state index contributed by atoms with van der Waals surface area (Å²) in [4.78, 5) is 12.9. The fourth-order valence-electron chi connectivity index (χ4n) is 3.23. The Hall–Kier alpha value is -3.26. The lowest BCUT2D eigenvalue weighted by Crippen LogP contribution is -2.26. The second-order valence-corrected chi connectivity index (χ2v) is 9.57. The zero-order valence-electron chi connectivity index (χ0n) is 18.8. The molecule has 0 aliphatic rings. The van der Waals surface area contributed by atoms with Crippen molar-refractivity contribution in [2.24, 2.45) is 0 Å². The molecule has 1 atom stereocenters. The Morgan fingerprint density at radius 1 is 0.969 bits per heavy atom. The predicted molar refractivity (Wildman–Crippen MR) is 121 cm³/mol. The van der Waals surface area contributed by atoms with E-state index in [1.807, 2.05) is 26.8 Å². The highest BCUT2D eigenvalue weighted by Gasteiger charge is 2.21. The molecule has 0 saturated heterocycles. The molecule has 0 spiro atoms. The molecule has 1 N–H and O–H groups in total. The Labute approximate surface area is 188 Å². The molecule has 1 aromatic heterocycles. The molecular formula is C24H27NO6S. The van der Waals surface area contributed by atoms with Crippen LogP contribution in [-0.2, 0) is 15.6 Å². The third kappa shape index (κ3) is 5.13. The van der Waals surface area contributed by atoms with E-state index < -0.39 is 15.7 Å². The summed E-state index contributed by atoms with van der Waals surface area (Å²) in [6.45, 7) is 5.61. The van der Waals surface area contributed by atoms with Crippen LogP contribution in [0.4, 0.5) is 0 Å². The fourth-order valence-corrected chi connectivity index (χ4v) is 4.56. The molecule has 170 valence electrons. The van der Waals surface area contributed by atoms with Crippen molar-refractivity contribution < 1.29 is 27.1 Å². The number of carbonyl (C=O) groups is 1. The number of ether oxygens (including phenoxy) is 2. The average Bonchev–Trinajstić information content (AvgIpc) is 3.22. The number of benzene rings is 2. The second kappa shape index (κ2) is 9.48. The fraction of sp³-hybridized carbons (Fsp3) is 0.292. The summed E-state index contributed by atoms with van der Waals surface area (Å²) in [6.07, 6.45) is 0. The first kappa shape index (κ1) is 23.4. The summed E-state index contributed by atoms with van der Waals surface area (Å²) in [7, 11) is -0.501. The van der Waals surface area contributed by atoms with Crippen molar-refractivity contribution in [1.29, 1.82) is 0 Å². The van der Waals surface area contributed by atoms with Gasteiger partial charge in [0.25, 0.3) is 5.91 Å². The van der Waals surface area contributed by atoms with Crippen molar-refractivity contribution in [2.75, 3.05) is 14.2 Å². The first-order chi connectivity index (χ1) is 15.1. The van der Waals surface area contributed by atoms with Gasteiger partial charge >= 0.3 is 0 Å². The summed E-state index contributed by atoms with van der Waals surface area (Å²) in [5, 5.41) is 2.84. The number of hydrogen-bond donors (Lipinski definition) is 1. The van der Waals surface area contributed by atoms with Crippen molar-refractivity contribution in [3.05, 3.63) is 76.7 Å². The summed E-state index contributed by atoms with van der Waals surface area (Å²) < 4.78 is 41.5. The normalized spacial score (nSPS) is 12.3. The van der Waals surface area contributed by atoms with Gasteiger partial charge < -0.3 is 19.2 Å². The molecule has 32 heavy (non-hydrogen) atoms. The molecule has 0 fully saturated rings. The minimum absolute atomic E-state index is 0.0441. The van der Waals surface area contributed by atoms with Crippen molar-refractivity contribution in [3.63, 3.8) is 0 Å². The van der Waals surface area contributed by atoms with Gasteiger partial charge in [0.1, 0.15) is 11.5 Å². The van der Waals surface area contributed by atoms with E-state index in [1.54, 1.807) is 44.6 Å². The van der Waals surface area contributed by atoms with Gasteiger partial charge in [-0.15, -0.1) is 0 Å². The summed E-state index contributed by atoms with van der Waals surface area (Å²) in [5.41, 5.74) is 2.74. The van der Waals surface area contributed by atoms with Crippen LogP contribution in [0.25, 0.3) is 0 Å². The third-order valence-electron chi connectivity index (χ3n) is 5.31. The number of sulfone groups is 1. The van der Waals surface area contributed by atoms with Crippen LogP contribution < -0.4 is 14.8 Å². The summed E-state index contributed by atoms with van der Waals surface area (Å²) >= 11 is 0. The lowest BCUT2D eigenvalue weighted by Gasteiger charge is -2.16. The number of amides is 1. The molecule has 3 rings (SSSR count). The average molecular weight is 458 g/mol. The standard InChI is InChI=1S/C24H27NO6S/c1-15-6-9-20(12-16(15)2)32(27,28)14-19-8-11-22(31-19)24(26)25-17(3)18-7-10-21(29-4)23(13-18)30-5/h6-13,17H,14H2,1-5H3,(H,25,26)/t17-/m0/s1. The number of nitrogens with one attached hydrogen (secondary N) is 1. The number of rotatable bonds is 8. The monoisotopic (exact) mass is 457 g/mol.